The summed E-state index contributed by atoms with van der Waals surface area (Å²) >= 11 is 5.82. The van der Waals surface area contributed by atoms with Crippen LogP contribution in [-0.4, -0.2) is 22.9 Å². The fourth-order valence-electron chi connectivity index (χ4n) is 1.98. The van der Waals surface area contributed by atoms with Crippen molar-refractivity contribution in [3.63, 3.8) is 0 Å². The summed E-state index contributed by atoms with van der Waals surface area (Å²) in [7, 11) is 1.81. The van der Waals surface area contributed by atoms with Crippen LogP contribution in [0.3, 0.4) is 0 Å². The second kappa shape index (κ2) is 7.09. The molecule has 0 unspecified atom stereocenters. The smallest absolute Gasteiger partial charge is 0.330 e. The van der Waals surface area contributed by atoms with E-state index in [2.05, 4.69) is 0 Å². The second-order valence-electron chi connectivity index (χ2n) is 4.69. The summed E-state index contributed by atoms with van der Waals surface area (Å²) in [6.07, 6.45) is 4.69. The van der Waals surface area contributed by atoms with Gasteiger partial charge in [0.25, 0.3) is 0 Å². The highest BCUT2D eigenvalue weighted by Gasteiger charge is 2.12. The third kappa shape index (κ3) is 3.86. The van der Waals surface area contributed by atoms with Crippen molar-refractivity contribution in [2.45, 2.75) is 6.92 Å². The monoisotopic (exact) mass is 317 g/mol. The molecule has 0 aliphatic carbocycles. The molecular weight excluding hydrogens is 302 g/mol. The van der Waals surface area contributed by atoms with E-state index in [4.69, 9.17) is 16.3 Å². The van der Waals surface area contributed by atoms with Gasteiger partial charge in [0, 0.05) is 41.2 Å². The molecule has 0 aliphatic rings. The van der Waals surface area contributed by atoms with Gasteiger partial charge in [-0.2, -0.15) is 0 Å². The molecule has 2 aromatic rings. The van der Waals surface area contributed by atoms with Crippen LogP contribution in [0.15, 0.2) is 42.6 Å². The molecule has 114 valence electrons. The first kappa shape index (κ1) is 16.0. The zero-order chi connectivity index (χ0) is 16.1. The lowest BCUT2D eigenvalue weighted by Crippen LogP contribution is -1.99. The number of hydrogen-bond acceptors (Lipinski definition) is 3. The second-order valence-corrected chi connectivity index (χ2v) is 5.12. The first-order valence-corrected chi connectivity index (χ1v) is 7.20. The van der Waals surface area contributed by atoms with Gasteiger partial charge in [0.05, 0.1) is 6.61 Å². The number of esters is 1. The van der Waals surface area contributed by atoms with E-state index in [0.29, 0.717) is 22.8 Å². The standard InChI is InChI=1S/C17H16ClNO3/c1-3-22-16(20)9-8-15-10-13(11-19(15)2)17(21)12-4-6-14(18)7-5-12/h4-11H,3H2,1-2H3/b9-8+. The molecule has 4 nitrogen and oxygen atoms in total. The number of aromatic nitrogens is 1. The topological polar surface area (TPSA) is 48.3 Å². The van der Waals surface area contributed by atoms with Gasteiger partial charge in [-0.3, -0.25) is 4.79 Å². The maximum atomic E-state index is 12.4. The Kier molecular flexibility index (Phi) is 5.17. The van der Waals surface area contributed by atoms with Crippen LogP contribution in [-0.2, 0) is 16.6 Å². The lowest BCUT2D eigenvalue weighted by Gasteiger charge is -1.98. The number of ketones is 1. The van der Waals surface area contributed by atoms with Crippen LogP contribution in [0.25, 0.3) is 6.08 Å². The van der Waals surface area contributed by atoms with Gasteiger partial charge in [0.1, 0.15) is 0 Å². The van der Waals surface area contributed by atoms with Crippen molar-refractivity contribution >= 4 is 29.4 Å². The molecule has 1 aromatic carbocycles. The molecule has 5 heteroatoms. The van der Waals surface area contributed by atoms with Crippen molar-refractivity contribution in [2.75, 3.05) is 6.61 Å². The van der Waals surface area contributed by atoms with Crippen LogP contribution < -0.4 is 0 Å². The third-order valence-electron chi connectivity index (χ3n) is 3.09. The van der Waals surface area contributed by atoms with E-state index in [1.165, 1.54) is 6.08 Å². The Balaban J connectivity index is 2.20. The zero-order valence-electron chi connectivity index (χ0n) is 12.4. The third-order valence-corrected chi connectivity index (χ3v) is 3.34. The van der Waals surface area contributed by atoms with E-state index in [1.807, 2.05) is 7.05 Å². The number of halogens is 1. The molecule has 0 saturated heterocycles. The van der Waals surface area contributed by atoms with Gasteiger partial charge >= 0.3 is 5.97 Å². The molecule has 22 heavy (non-hydrogen) atoms. The Morgan fingerprint density at radius 1 is 1.23 bits per heavy atom. The van der Waals surface area contributed by atoms with Gasteiger partial charge < -0.3 is 9.30 Å². The summed E-state index contributed by atoms with van der Waals surface area (Å²) in [5.41, 5.74) is 1.86. The van der Waals surface area contributed by atoms with Crippen LogP contribution in [0.1, 0.15) is 28.5 Å². The van der Waals surface area contributed by atoms with Gasteiger partial charge in [-0.1, -0.05) is 11.6 Å². The molecule has 0 radical (unpaired) electrons. The average molecular weight is 318 g/mol. The largest absolute Gasteiger partial charge is 0.463 e. The van der Waals surface area contributed by atoms with E-state index in [-0.39, 0.29) is 5.78 Å². The number of benzene rings is 1. The molecule has 1 aromatic heterocycles. The van der Waals surface area contributed by atoms with Crippen LogP contribution in [0.4, 0.5) is 0 Å². The summed E-state index contributed by atoms with van der Waals surface area (Å²) in [4.78, 5) is 23.7. The minimum Gasteiger partial charge on any atom is -0.463 e. The number of rotatable bonds is 5. The lowest BCUT2D eigenvalue weighted by molar-refractivity contribution is -0.137. The van der Waals surface area contributed by atoms with Crippen LogP contribution in [0.2, 0.25) is 5.02 Å². The van der Waals surface area contributed by atoms with Crippen LogP contribution >= 0.6 is 11.6 Å². The predicted molar refractivity (Wildman–Crippen MR) is 86.0 cm³/mol. The predicted octanol–water partition coefficient (Wildman–Crippen LogP) is 3.49. The molecule has 0 N–H and O–H groups in total. The number of carbonyl (C=O) groups is 2. The maximum Gasteiger partial charge on any atom is 0.330 e. The fourth-order valence-corrected chi connectivity index (χ4v) is 2.11. The van der Waals surface area contributed by atoms with Crippen molar-refractivity contribution in [2.24, 2.45) is 7.05 Å². The van der Waals surface area contributed by atoms with Gasteiger partial charge in [-0.25, -0.2) is 4.79 Å². The normalized spacial score (nSPS) is 10.9. The molecule has 0 saturated carbocycles. The number of nitrogens with zero attached hydrogens (tertiary/aromatic N) is 1. The summed E-state index contributed by atoms with van der Waals surface area (Å²) < 4.78 is 6.60. The van der Waals surface area contributed by atoms with E-state index < -0.39 is 5.97 Å². The van der Waals surface area contributed by atoms with Gasteiger partial charge in [-0.15, -0.1) is 0 Å². The highest BCUT2D eigenvalue weighted by molar-refractivity contribution is 6.30. The molecule has 0 atom stereocenters. The van der Waals surface area contributed by atoms with E-state index >= 15 is 0 Å². The van der Waals surface area contributed by atoms with Crippen molar-refractivity contribution in [1.82, 2.24) is 4.57 Å². The van der Waals surface area contributed by atoms with Crippen LogP contribution in [0.5, 0.6) is 0 Å². The Morgan fingerprint density at radius 2 is 1.91 bits per heavy atom. The summed E-state index contributed by atoms with van der Waals surface area (Å²) in [6, 6.07) is 8.46. The molecular formula is C17H16ClNO3. The van der Waals surface area contributed by atoms with E-state index in [1.54, 1.807) is 54.1 Å². The maximum absolute atomic E-state index is 12.4. The molecule has 0 aliphatic heterocycles. The highest BCUT2D eigenvalue weighted by atomic mass is 35.5. The summed E-state index contributed by atoms with van der Waals surface area (Å²) in [6.45, 7) is 2.08. The molecule has 0 bridgehead atoms. The van der Waals surface area contributed by atoms with Gasteiger partial charge in [0.2, 0.25) is 0 Å². The van der Waals surface area contributed by atoms with Gasteiger partial charge in [-0.05, 0) is 43.3 Å². The highest BCUT2D eigenvalue weighted by Crippen LogP contribution is 2.16. The SMILES string of the molecule is CCOC(=O)/C=C/c1cc(C(=O)c2ccc(Cl)cc2)cn1C. The average Bonchev–Trinajstić information content (AvgIpc) is 2.87. The molecule has 0 fully saturated rings. The van der Waals surface area contributed by atoms with Crippen molar-refractivity contribution < 1.29 is 14.3 Å². The number of hydrogen-bond donors (Lipinski definition) is 0. The fraction of sp³-hybridized carbons (Fsp3) is 0.176. The first-order chi connectivity index (χ1) is 10.5. The number of ether oxygens (including phenoxy) is 1. The minimum absolute atomic E-state index is 0.0944. The van der Waals surface area contributed by atoms with Gasteiger partial charge in [0.15, 0.2) is 5.78 Å². The molecule has 2 rings (SSSR count). The van der Waals surface area contributed by atoms with Crippen molar-refractivity contribution in [3.05, 3.63) is 64.4 Å². The Bertz CT molecular complexity index is 714. The van der Waals surface area contributed by atoms with Crippen molar-refractivity contribution in [3.8, 4) is 0 Å². The minimum atomic E-state index is -0.408. The summed E-state index contributed by atoms with van der Waals surface area (Å²) in [5, 5.41) is 0.586. The lowest BCUT2D eigenvalue weighted by atomic mass is 10.1. The molecule has 0 spiro atoms. The van der Waals surface area contributed by atoms with E-state index in [9.17, 15) is 9.59 Å². The number of aryl methyl sites for hydroxylation is 1. The zero-order valence-corrected chi connectivity index (χ0v) is 13.1. The Hall–Kier alpha value is -2.33. The first-order valence-electron chi connectivity index (χ1n) is 6.82. The Labute approximate surface area is 134 Å². The van der Waals surface area contributed by atoms with Crippen LogP contribution in [0, 0.1) is 0 Å². The Morgan fingerprint density at radius 3 is 2.55 bits per heavy atom. The van der Waals surface area contributed by atoms with Crippen molar-refractivity contribution in [1.29, 1.82) is 0 Å². The summed E-state index contributed by atoms with van der Waals surface area (Å²) in [5.74, 6) is -0.502. The van der Waals surface area contributed by atoms with E-state index in [0.717, 1.165) is 5.69 Å². The molecule has 1 heterocycles. The number of carbonyl (C=O) groups excluding carboxylic acids is 2. The molecule has 0 amide bonds. The quantitative estimate of drug-likeness (QED) is 0.482.